The first-order valence-corrected chi connectivity index (χ1v) is 7.69. The highest BCUT2D eigenvalue weighted by Crippen LogP contribution is 2.38. The molecular weight excluding hydrogens is 222 g/mol. The molecular formula is C16H31NO. The number of carbonyl (C=O) groups is 1. The summed E-state index contributed by atoms with van der Waals surface area (Å²) in [6.45, 7) is 12.0. The van der Waals surface area contributed by atoms with Crippen LogP contribution in [-0.2, 0) is 4.79 Å². The molecule has 106 valence electrons. The highest BCUT2D eigenvalue weighted by molar-refractivity contribution is 5.79. The van der Waals surface area contributed by atoms with Crippen LogP contribution in [0.3, 0.4) is 0 Å². The number of amides is 1. The molecule has 1 N–H and O–H groups in total. The van der Waals surface area contributed by atoms with Crippen LogP contribution < -0.4 is 5.32 Å². The van der Waals surface area contributed by atoms with Crippen molar-refractivity contribution >= 4 is 5.91 Å². The Hall–Kier alpha value is -0.530. The van der Waals surface area contributed by atoms with E-state index < -0.39 is 0 Å². The summed E-state index contributed by atoms with van der Waals surface area (Å²) in [5, 5.41) is 3.15. The Bertz CT molecular complexity index is 260. The molecule has 1 aliphatic rings. The van der Waals surface area contributed by atoms with E-state index in [0.717, 1.165) is 19.4 Å². The van der Waals surface area contributed by atoms with E-state index in [4.69, 9.17) is 0 Å². The second kappa shape index (κ2) is 7.16. The lowest BCUT2D eigenvalue weighted by atomic mass is 9.70. The molecule has 1 saturated carbocycles. The van der Waals surface area contributed by atoms with Crippen molar-refractivity contribution in [2.75, 3.05) is 6.54 Å². The van der Waals surface area contributed by atoms with Gasteiger partial charge in [-0.15, -0.1) is 0 Å². The fraction of sp³-hybridized carbons (Fsp3) is 0.938. The van der Waals surface area contributed by atoms with Crippen LogP contribution in [0, 0.1) is 29.6 Å². The summed E-state index contributed by atoms with van der Waals surface area (Å²) in [6.07, 6.45) is 4.68. The number of rotatable bonds is 5. The van der Waals surface area contributed by atoms with Crippen molar-refractivity contribution in [2.45, 2.75) is 60.3 Å². The minimum Gasteiger partial charge on any atom is -0.356 e. The summed E-state index contributed by atoms with van der Waals surface area (Å²) in [4.78, 5) is 12.3. The zero-order valence-corrected chi connectivity index (χ0v) is 12.8. The Kier molecular flexibility index (Phi) is 6.17. The number of hydrogen-bond donors (Lipinski definition) is 1. The van der Waals surface area contributed by atoms with Crippen molar-refractivity contribution in [3.63, 3.8) is 0 Å². The smallest absolute Gasteiger partial charge is 0.223 e. The normalized spacial score (nSPS) is 28.7. The Labute approximate surface area is 113 Å². The molecule has 3 unspecified atom stereocenters. The Morgan fingerprint density at radius 2 is 1.89 bits per heavy atom. The standard InChI is InChI=1S/C16H31NO/c1-11(2)8-9-17-16(18)15-10-13(5)6-7-14(15)12(3)4/h11-15H,6-10H2,1-5H3,(H,17,18). The maximum absolute atomic E-state index is 12.3. The highest BCUT2D eigenvalue weighted by Gasteiger charge is 2.35. The molecule has 1 fully saturated rings. The van der Waals surface area contributed by atoms with Crippen molar-refractivity contribution in [1.82, 2.24) is 5.32 Å². The van der Waals surface area contributed by atoms with Crippen LogP contribution in [0.15, 0.2) is 0 Å². The maximum Gasteiger partial charge on any atom is 0.223 e. The average molecular weight is 253 g/mol. The number of hydrogen-bond acceptors (Lipinski definition) is 1. The third-order valence-corrected chi connectivity index (χ3v) is 4.38. The molecule has 0 spiro atoms. The Balaban J connectivity index is 2.50. The van der Waals surface area contributed by atoms with Crippen LogP contribution in [0.25, 0.3) is 0 Å². The summed E-state index contributed by atoms with van der Waals surface area (Å²) in [5.74, 6) is 3.14. The molecule has 1 rings (SSSR count). The molecule has 2 nitrogen and oxygen atoms in total. The lowest BCUT2D eigenvalue weighted by Gasteiger charge is -2.36. The summed E-state index contributed by atoms with van der Waals surface area (Å²) in [5.41, 5.74) is 0. The minimum absolute atomic E-state index is 0.251. The summed E-state index contributed by atoms with van der Waals surface area (Å²) < 4.78 is 0. The quantitative estimate of drug-likeness (QED) is 0.792. The predicted molar refractivity (Wildman–Crippen MR) is 77.3 cm³/mol. The van der Waals surface area contributed by atoms with Crippen molar-refractivity contribution in [3.05, 3.63) is 0 Å². The van der Waals surface area contributed by atoms with Gasteiger partial charge in [0, 0.05) is 12.5 Å². The molecule has 0 radical (unpaired) electrons. The molecule has 18 heavy (non-hydrogen) atoms. The van der Waals surface area contributed by atoms with Gasteiger partial charge < -0.3 is 5.32 Å². The van der Waals surface area contributed by atoms with E-state index in [9.17, 15) is 4.79 Å². The number of carbonyl (C=O) groups excluding carboxylic acids is 1. The Morgan fingerprint density at radius 1 is 1.22 bits per heavy atom. The SMILES string of the molecule is CC(C)CCNC(=O)C1CC(C)CCC1C(C)C. The zero-order valence-electron chi connectivity index (χ0n) is 12.8. The van der Waals surface area contributed by atoms with Gasteiger partial charge in [-0.2, -0.15) is 0 Å². The van der Waals surface area contributed by atoms with Gasteiger partial charge in [-0.25, -0.2) is 0 Å². The van der Waals surface area contributed by atoms with Crippen LogP contribution in [-0.4, -0.2) is 12.5 Å². The summed E-state index contributed by atoms with van der Waals surface area (Å²) >= 11 is 0. The van der Waals surface area contributed by atoms with Gasteiger partial charge >= 0.3 is 0 Å². The summed E-state index contributed by atoms with van der Waals surface area (Å²) in [7, 11) is 0. The molecule has 0 aliphatic heterocycles. The lowest BCUT2D eigenvalue weighted by molar-refractivity contribution is -0.129. The van der Waals surface area contributed by atoms with Gasteiger partial charge in [-0.05, 0) is 42.9 Å². The zero-order chi connectivity index (χ0) is 13.7. The molecule has 1 aliphatic carbocycles. The van der Waals surface area contributed by atoms with Gasteiger partial charge in [0.1, 0.15) is 0 Å². The van der Waals surface area contributed by atoms with E-state index in [1.807, 2.05) is 0 Å². The Morgan fingerprint density at radius 3 is 2.44 bits per heavy atom. The third kappa shape index (κ3) is 4.62. The molecule has 0 aromatic heterocycles. The van der Waals surface area contributed by atoms with Crippen molar-refractivity contribution in [1.29, 1.82) is 0 Å². The maximum atomic E-state index is 12.3. The first-order valence-electron chi connectivity index (χ1n) is 7.69. The fourth-order valence-electron chi connectivity index (χ4n) is 3.12. The van der Waals surface area contributed by atoms with E-state index >= 15 is 0 Å². The van der Waals surface area contributed by atoms with Gasteiger partial charge in [0.25, 0.3) is 0 Å². The van der Waals surface area contributed by atoms with Gasteiger partial charge in [-0.3, -0.25) is 4.79 Å². The largest absolute Gasteiger partial charge is 0.356 e. The van der Waals surface area contributed by atoms with Crippen LogP contribution in [0.1, 0.15) is 60.3 Å². The van der Waals surface area contributed by atoms with Gasteiger partial charge in [0.15, 0.2) is 0 Å². The van der Waals surface area contributed by atoms with Gasteiger partial charge in [0.2, 0.25) is 5.91 Å². The molecule has 1 amide bonds. The lowest BCUT2D eigenvalue weighted by Crippen LogP contribution is -2.40. The molecule has 0 saturated heterocycles. The van der Waals surface area contributed by atoms with E-state index in [2.05, 4.69) is 39.9 Å². The fourth-order valence-corrected chi connectivity index (χ4v) is 3.12. The minimum atomic E-state index is 0.251. The summed E-state index contributed by atoms with van der Waals surface area (Å²) in [6, 6.07) is 0. The molecule has 0 aromatic rings. The first kappa shape index (κ1) is 15.5. The van der Waals surface area contributed by atoms with Crippen LogP contribution in [0.4, 0.5) is 0 Å². The molecule has 0 heterocycles. The second-order valence-corrected chi connectivity index (χ2v) is 6.91. The van der Waals surface area contributed by atoms with E-state index in [1.54, 1.807) is 0 Å². The van der Waals surface area contributed by atoms with Crippen molar-refractivity contribution in [2.24, 2.45) is 29.6 Å². The highest BCUT2D eigenvalue weighted by atomic mass is 16.1. The molecule has 0 bridgehead atoms. The second-order valence-electron chi connectivity index (χ2n) is 6.91. The number of nitrogens with one attached hydrogen (secondary N) is 1. The van der Waals surface area contributed by atoms with Gasteiger partial charge in [-0.1, -0.05) is 41.0 Å². The van der Waals surface area contributed by atoms with Gasteiger partial charge in [0.05, 0.1) is 0 Å². The molecule has 2 heteroatoms. The van der Waals surface area contributed by atoms with E-state index in [1.165, 1.54) is 12.8 Å². The van der Waals surface area contributed by atoms with E-state index in [0.29, 0.717) is 29.6 Å². The molecule has 0 aromatic carbocycles. The first-order chi connectivity index (χ1) is 8.41. The monoisotopic (exact) mass is 253 g/mol. The average Bonchev–Trinajstić information content (AvgIpc) is 2.27. The third-order valence-electron chi connectivity index (χ3n) is 4.38. The van der Waals surface area contributed by atoms with Crippen LogP contribution in [0.2, 0.25) is 0 Å². The van der Waals surface area contributed by atoms with E-state index in [-0.39, 0.29) is 5.92 Å². The topological polar surface area (TPSA) is 29.1 Å². The van der Waals surface area contributed by atoms with Crippen LogP contribution in [0.5, 0.6) is 0 Å². The predicted octanol–water partition coefficient (Wildman–Crippen LogP) is 3.86. The van der Waals surface area contributed by atoms with Crippen molar-refractivity contribution in [3.8, 4) is 0 Å². The molecule has 3 atom stereocenters. The van der Waals surface area contributed by atoms with Crippen LogP contribution >= 0.6 is 0 Å². The van der Waals surface area contributed by atoms with Crippen molar-refractivity contribution < 1.29 is 4.79 Å².